The fourth-order valence-corrected chi connectivity index (χ4v) is 2.64. The van der Waals surface area contributed by atoms with Crippen LogP contribution in [0.15, 0.2) is 24.3 Å². The molecular formula is C15H23ClN2O. The van der Waals surface area contributed by atoms with Crippen LogP contribution in [0.5, 0.6) is 0 Å². The molecule has 1 aliphatic heterocycles. The molecule has 1 fully saturated rings. The van der Waals surface area contributed by atoms with Crippen LogP contribution in [0, 0.1) is 0 Å². The van der Waals surface area contributed by atoms with Gasteiger partial charge in [-0.3, -0.25) is 4.90 Å². The molecule has 3 nitrogen and oxygen atoms in total. The Hall–Kier alpha value is -0.610. The van der Waals surface area contributed by atoms with Gasteiger partial charge in [0.1, 0.15) is 0 Å². The monoisotopic (exact) mass is 282 g/mol. The number of morpholine rings is 1. The van der Waals surface area contributed by atoms with Crippen LogP contribution < -0.4 is 5.32 Å². The lowest BCUT2D eigenvalue weighted by atomic mass is 10.0. The van der Waals surface area contributed by atoms with Gasteiger partial charge in [0.25, 0.3) is 0 Å². The van der Waals surface area contributed by atoms with Crippen LogP contribution in [-0.2, 0) is 4.74 Å². The summed E-state index contributed by atoms with van der Waals surface area (Å²) in [5.41, 5.74) is 1.27. The Morgan fingerprint density at radius 3 is 2.84 bits per heavy atom. The average molecular weight is 283 g/mol. The molecular weight excluding hydrogens is 260 g/mol. The highest BCUT2D eigenvalue weighted by atomic mass is 35.5. The van der Waals surface area contributed by atoms with E-state index in [2.05, 4.69) is 29.3 Å². The summed E-state index contributed by atoms with van der Waals surface area (Å²) in [5, 5.41) is 4.43. The van der Waals surface area contributed by atoms with Crippen LogP contribution in [0.3, 0.4) is 0 Å². The maximum absolute atomic E-state index is 6.05. The van der Waals surface area contributed by atoms with Crippen LogP contribution in [0.4, 0.5) is 0 Å². The van der Waals surface area contributed by atoms with Crippen molar-refractivity contribution in [1.82, 2.24) is 10.2 Å². The highest BCUT2D eigenvalue weighted by Gasteiger charge is 2.12. The number of hydrogen-bond acceptors (Lipinski definition) is 3. The van der Waals surface area contributed by atoms with Crippen LogP contribution in [0.25, 0.3) is 0 Å². The van der Waals surface area contributed by atoms with Crippen molar-refractivity contribution in [1.29, 1.82) is 0 Å². The first-order chi connectivity index (χ1) is 9.29. The minimum atomic E-state index is 0.389. The molecule has 1 atom stereocenters. The predicted molar refractivity (Wildman–Crippen MR) is 79.7 cm³/mol. The first kappa shape index (κ1) is 14.8. The second-order valence-electron chi connectivity index (χ2n) is 4.92. The van der Waals surface area contributed by atoms with Crippen molar-refractivity contribution in [3.63, 3.8) is 0 Å². The van der Waals surface area contributed by atoms with Crippen molar-refractivity contribution in [2.24, 2.45) is 0 Å². The second-order valence-corrected chi connectivity index (χ2v) is 5.36. The number of benzene rings is 1. The summed E-state index contributed by atoms with van der Waals surface area (Å²) in [6.45, 7) is 8.13. The maximum Gasteiger partial charge on any atom is 0.0594 e. The number of ether oxygens (including phenoxy) is 1. The van der Waals surface area contributed by atoms with Gasteiger partial charge in [0, 0.05) is 37.2 Å². The zero-order chi connectivity index (χ0) is 13.5. The fourth-order valence-electron chi connectivity index (χ4n) is 2.44. The molecule has 1 saturated heterocycles. The summed E-state index contributed by atoms with van der Waals surface area (Å²) in [6, 6.07) is 8.52. The Morgan fingerprint density at radius 2 is 2.16 bits per heavy atom. The Morgan fingerprint density at radius 1 is 1.37 bits per heavy atom. The second kappa shape index (κ2) is 7.85. The summed E-state index contributed by atoms with van der Waals surface area (Å²) < 4.78 is 5.35. The molecule has 0 aromatic heterocycles. The molecule has 0 radical (unpaired) electrons. The van der Waals surface area contributed by atoms with Gasteiger partial charge in [-0.25, -0.2) is 0 Å². The molecule has 1 aliphatic rings. The minimum absolute atomic E-state index is 0.389. The molecule has 1 aromatic carbocycles. The van der Waals surface area contributed by atoms with Crippen molar-refractivity contribution in [2.75, 3.05) is 39.4 Å². The molecule has 2 rings (SSSR count). The summed E-state index contributed by atoms with van der Waals surface area (Å²) in [7, 11) is 0. The van der Waals surface area contributed by atoms with Crippen molar-refractivity contribution in [3.8, 4) is 0 Å². The molecule has 0 saturated carbocycles. The third kappa shape index (κ3) is 4.77. The summed E-state index contributed by atoms with van der Waals surface area (Å²) in [5.74, 6) is 0. The molecule has 0 bridgehead atoms. The van der Waals surface area contributed by atoms with Crippen molar-refractivity contribution < 1.29 is 4.74 Å². The quantitative estimate of drug-likeness (QED) is 0.868. The minimum Gasteiger partial charge on any atom is -0.379 e. The topological polar surface area (TPSA) is 24.5 Å². The molecule has 1 aromatic rings. The Balaban J connectivity index is 1.79. The molecule has 1 heterocycles. The van der Waals surface area contributed by atoms with Crippen molar-refractivity contribution >= 4 is 11.6 Å². The van der Waals surface area contributed by atoms with Gasteiger partial charge in [-0.15, -0.1) is 0 Å². The summed E-state index contributed by atoms with van der Waals surface area (Å²) >= 11 is 6.05. The number of nitrogens with zero attached hydrogens (tertiary/aromatic N) is 1. The van der Waals surface area contributed by atoms with Crippen molar-refractivity contribution in [3.05, 3.63) is 34.9 Å². The molecule has 1 unspecified atom stereocenters. The lowest BCUT2D eigenvalue weighted by Gasteiger charge is -2.27. The van der Waals surface area contributed by atoms with Gasteiger partial charge in [0.2, 0.25) is 0 Å². The van der Waals surface area contributed by atoms with Crippen molar-refractivity contribution in [2.45, 2.75) is 19.4 Å². The number of hydrogen-bond donors (Lipinski definition) is 1. The standard InChI is InChI=1S/C15H23ClN2O/c1-2-15(13-4-3-5-14(16)12-13)17-6-7-18-8-10-19-11-9-18/h3-5,12,15,17H,2,6-11H2,1H3. The smallest absolute Gasteiger partial charge is 0.0594 e. The van der Waals surface area contributed by atoms with Gasteiger partial charge in [-0.1, -0.05) is 30.7 Å². The largest absolute Gasteiger partial charge is 0.379 e. The van der Waals surface area contributed by atoms with Gasteiger partial charge < -0.3 is 10.1 Å². The van der Waals surface area contributed by atoms with Gasteiger partial charge in [-0.2, -0.15) is 0 Å². The Labute approximate surface area is 120 Å². The van der Waals surface area contributed by atoms with E-state index in [1.807, 2.05) is 12.1 Å². The molecule has 0 aliphatic carbocycles. The summed E-state index contributed by atoms with van der Waals surface area (Å²) in [6.07, 6.45) is 1.07. The average Bonchev–Trinajstić information content (AvgIpc) is 2.45. The normalized spacial score (nSPS) is 18.4. The Kier molecular flexibility index (Phi) is 6.11. The van der Waals surface area contributed by atoms with E-state index in [0.717, 1.165) is 50.8 Å². The maximum atomic E-state index is 6.05. The lowest BCUT2D eigenvalue weighted by Crippen LogP contribution is -2.40. The molecule has 19 heavy (non-hydrogen) atoms. The third-order valence-electron chi connectivity index (χ3n) is 3.58. The van der Waals surface area contributed by atoms with Gasteiger partial charge >= 0.3 is 0 Å². The molecule has 0 amide bonds. The molecule has 0 spiro atoms. The molecule has 106 valence electrons. The summed E-state index contributed by atoms with van der Waals surface area (Å²) in [4.78, 5) is 2.45. The van der Waals surface area contributed by atoms with Gasteiger partial charge in [-0.05, 0) is 24.1 Å². The van der Waals surface area contributed by atoms with E-state index in [4.69, 9.17) is 16.3 Å². The fraction of sp³-hybridized carbons (Fsp3) is 0.600. The first-order valence-corrected chi connectivity index (χ1v) is 7.46. The van der Waals surface area contributed by atoms with Crippen LogP contribution >= 0.6 is 11.6 Å². The van der Waals surface area contributed by atoms with Crippen LogP contribution in [0.2, 0.25) is 5.02 Å². The third-order valence-corrected chi connectivity index (χ3v) is 3.82. The SMILES string of the molecule is CCC(NCCN1CCOCC1)c1cccc(Cl)c1. The van der Waals surface area contributed by atoms with Gasteiger partial charge in [0.05, 0.1) is 13.2 Å². The van der Waals surface area contributed by atoms with E-state index in [9.17, 15) is 0 Å². The highest BCUT2D eigenvalue weighted by molar-refractivity contribution is 6.30. The van der Waals surface area contributed by atoms with Crippen LogP contribution in [-0.4, -0.2) is 44.3 Å². The van der Waals surface area contributed by atoms with E-state index in [1.165, 1.54) is 5.56 Å². The number of nitrogens with one attached hydrogen (secondary N) is 1. The van der Waals surface area contributed by atoms with E-state index >= 15 is 0 Å². The zero-order valence-corrected chi connectivity index (χ0v) is 12.3. The number of halogens is 1. The van der Waals surface area contributed by atoms with E-state index in [1.54, 1.807) is 0 Å². The lowest BCUT2D eigenvalue weighted by molar-refractivity contribution is 0.0381. The molecule has 1 N–H and O–H groups in total. The first-order valence-electron chi connectivity index (χ1n) is 7.08. The predicted octanol–water partition coefficient (Wildman–Crippen LogP) is 2.71. The van der Waals surface area contributed by atoms with Gasteiger partial charge in [0.15, 0.2) is 0 Å². The van der Waals surface area contributed by atoms with E-state index < -0.39 is 0 Å². The van der Waals surface area contributed by atoms with Crippen LogP contribution in [0.1, 0.15) is 24.9 Å². The van der Waals surface area contributed by atoms with E-state index in [-0.39, 0.29) is 0 Å². The van der Waals surface area contributed by atoms with E-state index in [0.29, 0.717) is 6.04 Å². The Bertz CT molecular complexity index is 380. The highest BCUT2D eigenvalue weighted by Crippen LogP contribution is 2.20. The zero-order valence-electron chi connectivity index (χ0n) is 11.6. The number of rotatable bonds is 6. The molecule has 4 heteroatoms.